The fourth-order valence-electron chi connectivity index (χ4n) is 4.54. The van der Waals surface area contributed by atoms with Gasteiger partial charge < -0.3 is 19.5 Å². The van der Waals surface area contributed by atoms with Crippen LogP contribution >= 0.6 is 23.2 Å². The maximum Gasteiger partial charge on any atom is 0.534 e. The molecule has 0 fully saturated rings. The fraction of sp³-hybridized carbons (Fsp3) is 0.267. The lowest BCUT2D eigenvalue weighted by molar-refractivity contribution is -0.176. The summed E-state index contributed by atoms with van der Waals surface area (Å²) in [6, 6.07) is 19.0. The largest absolute Gasteiger partial charge is 0.534 e. The Bertz CT molecular complexity index is 1420. The van der Waals surface area contributed by atoms with Gasteiger partial charge in [-0.25, -0.2) is 9.59 Å². The van der Waals surface area contributed by atoms with E-state index in [1.54, 1.807) is 6.92 Å². The van der Waals surface area contributed by atoms with Crippen LogP contribution in [0.3, 0.4) is 0 Å². The molecule has 3 aromatic carbocycles. The summed E-state index contributed by atoms with van der Waals surface area (Å²) in [6.45, 7) is 1.62. The van der Waals surface area contributed by atoms with Gasteiger partial charge in [0.05, 0.1) is 11.6 Å². The number of rotatable bonds is 11. The number of hydroxylamine groups is 2. The molecule has 220 valence electrons. The first-order valence-electron chi connectivity index (χ1n) is 13.1. The highest BCUT2D eigenvalue weighted by molar-refractivity contribution is 6.35. The molecule has 12 heteroatoms. The zero-order chi connectivity index (χ0) is 30.1. The van der Waals surface area contributed by atoms with Crippen LogP contribution in [-0.4, -0.2) is 49.4 Å². The number of alkyl carbamates (subject to hydrolysis) is 1. The molecule has 4 rings (SSSR count). The predicted molar refractivity (Wildman–Crippen MR) is 154 cm³/mol. The molecule has 0 bridgehead atoms. The molecule has 10 nitrogen and oxygen atoms in total. The maximum absolute atomic E-state index is 12.4. The number of hydrogen-bond donors (Lipinski definition) is 1. The Kier molecular flexibility index (Phi) is 10.6. The Morgan fingerprint density at radius 3 is 2.29 bits per heavy atom. The molecule has 42 heavy (non-hydrogen) atoms. The van der Waals surface area contributed by atoms with E-state index in [2.05, 4.69) is 22.3 Å². The van der Waals surface area contributed by atoms with E-state index in [4.69, 9.17) is 37.4 Å². The molecule has 3 amide bonds. The molecule has 0 radical (unpaired) electrons. The number of carbonyl (C=O) groups is 4. The molecule has 1 N–H and O–H groups in total. The van der Waals surface area contributed by atoms with Crippen LogP contribution < -0.4 is 10.1 Å². The van der Waals surface area contributed by atoms with E-state index < -0.39 is 18.2 Å². The van der Waals surface area contributed by atoms with Crippen molar-refractivity contribution >= 4 is 47.8 Å². The van der Waals surface area contributed by atoms with Crippen molar-refractivity contribution in [3.05, 3.63) is 87.4 Å². The van der Waals surface area contributed by atoms with E-state index in [0.29, 0.717) is 12.0 Å². The second-order valence-electron chi connectivity index (χ2n) is 9.18. The monoisotopic (exact) mass is 614 g/mol. The van der Waals surface area contributed by atoms with E-state index in [-0.39, 0.29) is 66.0 Å². The summed E-state index contributed by atoms with van der Waals surface area (Å²) in [7, 11) is 0. The van der Waals surface area contributed by atoms with Gasteiger partial charge in [-0.2, -0.15) is 0 Å². The molecule has 3 aromatic rings. The van der Waals surface area contributed by atoms with E-state index in [1.807, 2.05) is 36.4 Å². The van der Waals surface area contributed by atoms with Crippen molar-refractivity contribution in [1.82, 2.24) is 10.4 Å². The summed E-state index contributed by atoms with van der Waals surface area (Å²) < 4.78 is 16.3. The summed E-state index contributed by atoms with van der Waals surface area (Å²) in [4.78, 5) is 52.0. The van der Waals surface area contributed by atoms with Gasteiger partial charge in [-0.1, -0.05) is 78.7 Å². The average Bonchev–Trinajstić information content (AvgIpc) is 3.30. The molecular weight excluding hydrogens is 587 g/mol. The molecule has 0 aliphatic heterocycles. The first kappa shape index (κ1) is 30.7. The van der Waals surface area contributed by atoms with Crippen molar-refractivity contribution in [2.75, 3.05) is 19.8 Å². The predicted octanol–water partition coefficient (Wildman–Crippen LogP) is 6.26. The lowest BCUT2D eigenvalue weighted by Gasteiger charge is -2.16. The summed E-state index contributed by atoms with van der Waals surface area (Å²) in [5.41, 5.74) is 4.78. The highest BCUT2D eigenvalue weighted by atomic mass is 35.5. The third-order valence-electron chi connectivity index (χ3n) is 6.37. The zero-order valence-electron chi connectivity index (χ0n) is 22.6. The van der Waals surface area contributed by atoms with Gasteiger partial charge in [0.1, 0.15) is 25.6 Å². The van der Waals surface area contributed by atoms with Crippen LogP contribution in [0.15, 0.2) is 60.7 Å². The summed E-state index contributed by atoms with van der Waals surface area (Å²) in [5.74, 6) is -0.592. The van der Waals surface area contributed by atoms with Gasteiger partial charge >= 0.3 is 12.2 Å². The van der Waals surface area contributed by atoms with Crippen molar-refractivity contribution < 1.29 is 38.2 Å². The Labute approximate surface area is 252 Å². The first-order valence-corrected chi connectivity index (χ1v) is 13.9. The molecule has 0 unspecified atom stereocenters. The van der Waals surface area contributed by atoms with Gasteiger partial charge in [-0.3, -0.25) is 14.4 Å². The van der Waals surface area contributed by atoms with Crippen LogP contribution in [-0.2, 0) is 30.5 Å². The standard InChI is InChI=1S/C30H28Cl2N2O8/c1-2-7-27(36)34(18-35)42-30(38)41-16-19-14-20(31)15-26(32)28(19)39-13-12-33-29(37)40-17-25-23-10-5-3-8-21(23)22-9-4-6-11-24(22)25/h3-6,8-11,14-15,18,25H,2,7,12-13,16-17H2,1H3,(H,33,37). The number of fused-ring (bicyclic) bond motifs is 3. The molecule has 0 heterocycles. The quantitative estimate of drug-likeness (QED) is 0.116. The SMILES string of the molecule is CCCC(=O)N(C=O)OC(=O)OCc1cc(Cl)cc(Cl)c1OCCNC(=O)OCC1c2ccccc2-c2ccccc21. The van der Waals surface area contributed by atoms with Gasteiger partial charge in [0.15, 0.2) is 0 Å². The Morgan fingerprint density at radius 2 is 1.64 bits per heavy atom. The highest BCUT2D eigenvalue weighted by Crippen LogP contribution is 2.44. The Balaban J connectivity index is 1.27. The average molecular weight is 615 g/mol. The molecule has 0 saturated carbocycles. The van der Waals surface area contributed by atoms with E-state index in [9.17, 15) is 19.2 Å². The fourth-order valence-corrected chi connectivity index (χ4v) is 5.13. The van der Waals surface area contributed by atoms with E-state index in [0.717, 1.165) is 22.3 Å². The lowest BCUT2D eigenvalue weighted by atomic mass is 9.98. The van der Waals surface area contributed by atoms with E-state index in [1.165, 1.54) is 12.1 Å². The Morgan fingerprint density at radius 1 is 0.976 bits per heavy atom. The molecule has 0 aromatic heterocycles. The van der Waals surface area contributed by atoms with Crippen molar-refractivity contribution in [1.29, 1.82) is 0 Å². The second kappa shape index (κ2) is 14.6. The molecule has 1 aliphatic rings. The number of ether oxygens (including phenoxy) is 3. The minimum atomic E-state index is -1.29. The van der Waals surface area contributed by atoms with Gasteiger partial charge in [0.25, 0.3) is 12.3 Å². The normalized spacial score (nSPS) is 11.6. The van der Waals surface area contributed by atoms with Crippen LogP contribution in [0, 0.1) is 0 Å². The third-order valence-corrected chi connectivity index (χ3v) is 6.87. The highest BCUT2D eigenvalue weighted by Gasteiger charge is 2.29. The maximum atomic E-state index is 12.4. The topological polar surface area (TPSA) is 120 Å². The number of amides is 3. The molecule has 0 saturated heterocycles. The van der Waals surface area contributed by atoms with Gasteiger partial charge in [-0.05, 0) is 40.8 Å². The van der Waals surface area contributed by atoms with Gasteiger partial charge in [-0.15, -0.1) is 5.06 Å². The van der Waals surface area contributed by atoms with Gasteiger partial charge in [0, 0.05) is 22.9 Å². The minimum absolute atomic E-state index is 0.00737. The van der Waals surface area contributed by atoms with Crippen LogP contribution in [0.25, 0.3) is 11.1 Å². The van der Waals surface area contributed by atoms with Crippen LogP contribution in [0.5, 0.6) is 5.75 Å². The smallest absolute Gasteiger partial charge is 0.490 e. The molecular formula is C30H28Cl2N2O8. The summed E-state index contributed by atoms with van der Waals surface area (Å²) in [5, 5.41) is 3.31. The third kappa shape index (κ3) is 7.51. The summed E-state index contributed by atoms with van der Waals surface area (Å²) in [6.07, 6.45) is -1.35. The second-order valence-corrected chi connectivity index (χ2v) is 10.0. The summed E-state index contributed by atoms with van der Waals surface area (Å²) >= 11 is 12.4. The number of nitrogens with one attached hydrogen (secondary N) is 1. The number of carbonyl (C=O) groups excluding carboxylic acids is 4. The molecule has 0 spiro atoms. The van der Waals surface area contributed by atoms with Crippen LogP contribution in [0.4, 0.5) is 9.59 Å². The Hall–Kier alpha value is -4.28. The number of hydrogen-bond acceptors (Lipinski definition) is 8. The van der Waals surface area contributed by atoms with Gasteiger partial charge in [0.2, 0.25) is 0 Å². The minimum Gasteiger partial charge on any atom is -0.490 e. The molecule has 0 atom stereocenters. The number of imide groups is 1. The number of nitrogens with zero attached hydrogens (tertiary/aromatic N) is 1. The zero-order valence-corrected chi connectivity index (χ0v) is 24.2. The van der Waals surface area contributed by atoms with Crippen LogP contribution in [0.2, 0.25) is 10.0 Å². The lowest BCUT2D eigenvalue weighted by Crippen LogP contribution is -2.32. The van der Waals surface area contributed by atoms with Crippen molar-refractivity contribution in [2.45, 2.75) is 32.3 Å². The van der Waals surface area contributed by atoms with Crippen molar-refractivity contribution in [3.8, 4) is 16.9 Å². The first-order chi connectivity index (χ1) is 20.3. The van der Waals surface area contributed by atoms with Crippen molar-refractivity contribution in [3.63, 3.8) is 0 Å². The van der Waals surface area contributed by atoms with Crippen molar-refractivity contribution in [2.24, 2.45) is 0 Å². The molecule has 1 aliphatic carbocycles. The van der Waals surface area contributed by atoms with E-state index >= 15 is 0 Å². The number of benzene rings is 3. The number of halogens is 2. The van der Waals surface area contributed by atoms with Crippen LogP contribution in [0.1, 0.15) is 42.4 Å².